The molecule has 1 aromatic rings. The lowest BCUT2D eigenvalue weighted by Gasteiger charge is -2.14. The molecular formula is C8H12N4O2. The first kappa shape index (κ1) is 10.3. The maximum absolute atomic E-state index is 10.8. The first-order chi connectivity index (χ1) is 6.57. The van der Waals surface area contributed by atoms with Crippen molar-refractivity contribution in [2.24, 2.45) is 5.84 Å². The Labute approximate surface area is 81.4 Å². The summed E-state index contributed by atoms with van der Waals surface area (Å²) in [5.74, 6) is 5.18. The Balaban J connectivity index is 3.35. The summed E-state index contributed by atoms with van der Waals surface area (Å²) >= 11 is 0. The largest absolute Gasteiger partial charge is 0.372 e. The van der Waals surface area contributed by atoms with Crippen LogP contribution in [-0.4, -0.2) is 19.0 Å². The van der Waals surface area contributed by atoms with Crippen LogP contribution in [-0.2, 0) is 0 Å². The van der Waals surface area contributed by atoms with Gasteiger partial charge in [0.2, 0.25) is 0 Å². The standard InChI is InChI=1S/C8H12N4O2/c1-11(2)7-5-3-4-6(10-9)8(7)12(13)14/h3-5,10H,9H2,1-2H3. The lowest BCUT2D eigenvalue weighted by atomic mass is 10.2. The van der Waals surface area contributed by atoms with Crippen LogP contribution in [0.4, 0.5) is 17.1 Å². The van der Waals surface area contributed by atoms with Gasteiger partial charge in [-0.25, -0.2) is 0 Å². The number of para-hydroxylation sites is 1. The summed E-state index contributed by atoms with van der Waals surface area (Å²) < 4.78 is 0. The topological polar surface area (TPSA) is 84.4 Å². The van der Waals surface area contributed by atoms with Gasteiger partial charge < -0.3 is 10.3 Å². The maximum atomic E-state index is 10.8. The monoisotopic (exact) mass is 196 g/mol. The van der Waals surface area contributed by atoms with E-state index in [2.05, 4.69) is 5.43 Å². The summed E-state index contributed by atoms with van der Waals surface area (Å²) in [5.41, 5.74) is 3.12. The summed E-state index contributed by atoms with van der Waals surface area (Å²) in [6.07, 6.45) is 0. The van der Waals surface area contributed by atoms with Crippen LogP contribution in [0, 0.1) is 10.1 Å². The highest BCUT2D eigenvalue weighted by Gasteiger charge is 2.19. The third kappa shape index (κ3) is 1.74. The van der Waals surface area contributed by atoms with Gasteiger partial charge in [0, 0.05) is 14.1 Å². The van der Waals surface area contributed by atoms with Crippen molar-refractivity contribution in [3.8, 4) is 0 Å². The second-order valence-electron chi connectivity index (χ2n) is 2.97. The van der Waals surface area contributed by atoms with Crippen LogP contribution in [0.1, 0.15) is 0 Å². The Morgan fingerprint density at radius 2 is 2.14 bits per heavy atom. The van der Waals surface area contributed by atoms with Crippen molar-refractivity contribution in [3.05, 3.63) is 28.3 Å². The number of hydrazine groups is 1. The Morgan fingerprint density at radius 1 is 1.50 bits per heavy atom. The van der Waals surface area contributed by atoms with Gasteiger partial charge in [0.15, 0.2) is 0 Å². The molecule has 1 rings (SSSR count). The number of rotatable bonds is 3. The first-order valence-corrected chi connectivity index (χ1v) is 3.99. The smallest absolute Gasteiger partial charge is 0.316 e. The van der Waals surface area contributed by atoms with Gasteiger partial charge in [0.25, 0.3) is 0 Å². The van der Waals surface area contributed by atoms with E-state index in [1.54, 1.807) is 37.2 Å². The number of nitro groups is 1. The number of nitrogens with one attached hydrogen (secondary N) is 1. The minimum Gasteiger partial charge on any atom is -0.372 e. The van der Waals surface area contributed by atoms with Gasteiger partial charge in [-0.3, -0.25) is 16.0 Å². The molecule has 0 fully saturated rings. The van der Waals surface area contributed by atoms with Crippen LogP contribution in [0.15, 0.2) is 18.2 Å². The van der Waals surface area contributed by atoms with Crippen LogP contribution in [0.2, 0.25) is 0 Å². The SMILES string of the molecule is CN(C)c1cccc(NN)c1[N+](=O)[O-]. The van der Waals surface area contributed by atoms with Crippen LogP contribution >= 0.6 is 0 Å². The minimum absolute atomic E-state index is 0.0139. The predicted molar refractivity (Wildman–Crippen MR) is 55.2 cm³/mol. The summed E-state index contributed by atoms with van der Waals surface area (Å²) in [4.78, 5) is 12.0. The molecule has 0 aromatic heterocycles. The number of nitrogens with two attached hydrogens (primary N) is 1. The van der Waals surface area contributed by atoms with E-state index in [0.717, 1.165) is 0 Å². The van der Waals surface area contributed by atoms with Gasteiger partial charge in [-0.05, 0) is 12.1 Å². The highest BCUT2D eigenvalue weighted by molar-refractivity contribution is 5.76. The molecule has 76 valence electrons. The Hall–Kier alpha value is -1.82. The van der Waals surface area contributed by atoms with E-state index >= 15 is 0 Å². The molecule has 0 spiro atoms. The molecule has 6 nitrogen and oxygen atoms in total. The number of nitro benzene ring substituents is 1. The fourth-order valence-corrected chi connectivity index (χ4v) is 1.20. The van der Waals surface area contributed by atoms with Gasteiger partial charge in [0.05, 0.1) is 4.92 Å². The molecule has 0 bridgehead atoms. The summed E-state index contributed by atoms with van der Waals surface area (Å²) in [6, 6.07) is 4.93. The fourth-order valence-electron chi connectivity index (χ4n) is 1.20. The number of benzene rings is 1. The molecule has 0 aliphatic heterocycles. The number of hydrogen-bond acceptors (Lipinski definition) is 5. The van der Waals surface area contributed by atoms with Crippen molar-refractivity contribution in [1.29, 1.82) is 0 Å². The van der Waals surface area contributed by atoms with E-state index in [0.29, 0.717) is 11.4 Å². The van der Waals surface area contributed by atoms with E-state index < -0.39 is 4.92 Å². The van der Waals surface area contributed by atoms with Gasteiger partial charge >= 0.3 is 5.69 Å². The predicted octanol–water partition coefficient (Wildman–Crippen LogP) is 0.946. The number of anilines is 2. The molecule has 0 saturated carbocycles. The number of hydrogen-bond donors (Lipinski definition) is 2. The van der Waals surface area contributed by atoms with Crippen molar-refractivity contribution >= 4 is 17.1 Å². The molecule has 14 heavy (non-hydrogen) atoms. The zero-order valence-electron chi connectivity index (χ0n) is 8.02. The number of nitrogen functional groups attached to an aromatic ring is 1. The van der Waals surface area contributed by atoms with Crippen LogP contribution in [0.3, 0.4) is 0 Å². The zero-order chi connectivity index (χ0) is 10.7. The van der Waals surface area contributed by atoms with Crippen LogP contribution < -0.4 is 16.2 Å². The normalized spacial score (nSPS) is 9.64. The Kier molecular flexibility index (Phi) is 2.88. The molecular weight excluding hydrogens is 184 g/mol. The lowest BCUT2D eigenvalue weighted by molar-refractivity contribution is -0.383. The van der Waals surface area contributed by atoms with Gasteiger partial charge in [-0.1, -0.05) is 6.07 Å². The highest BCUT2D eigenvalue weighted by atomic mass is 16.6. The molecule has 0 aliphatic carbocycles. The molecule has 0 heterocycles. The molecule has 0 unspecified atom stereocenters. The molecule has 0 aliphatic rings. The van der Waals surface area contributed by atoms with Crippen LogP contribution in [0.5, 0.6) is 0 Å². The van der Waals surface area contributed by atoms with Crippen molar-refractivity contribution < 1.29 is 4.92 Å². The summed E-state index contributed by atoms with van der Waals surface area (Å²) in [6.45, 7) is 0. The van der Waals surface area contributed by atoms with Crippen molar-refractivity contribution in [1.82, 2.24) is 0 Å². The summed E-state index contributed by atoms with van der Waals surface area (Å²) in [7, 11) is 3.48. The zero-order valence-corrected chi connectivity index (χ0v) is 8.02. The van der Waals surface area contributed by atoms with Crippen molar-refractivity contribution in [2.75, 3.05) is 24.4 Å². The molecule has 3 N–H and O–H groups in total. The average molecular weight is 196 g/mol. The minimum atomic E-state index is -0.454. The van der Waals surface area contributed by atoms with Gasteiger partial charge in [-0.15, -0.1) is 0 Å². The summed E-state index contributed by atoms with van der Waals surface area (Å²) in [5, 5.41) is 10.8. The second-order valence-corrected chi connectivity index (χ2v) is 2.97. The molecule has 6 heteroatoms. The lowest BCUT2D eigenvalue weighted by Crippen LogP contribution is -2.14. The fraction of sp³-hybridized carbons (Fsp3) is 0.250. The van der Waals surface area contributed by atoms with Crippen molar-refractivity contribution in [3.63, 3.8) is 0 Å². The molecule has 0 amide bonds. The van der Waals surface area contributed by atoms with E-state index in [4.69, 9.17) is 5.84 Å². The molecule has 0 atom stereocenters. The number of nitrogens with zero attached hydrogens (tertiary/aromatic N) is 2. The Bertz CT molecular complexity index is 351. The molecule has 1 aromatic carbocycles. The van der Waals surface area contributed by atoms with Crippen LogP contribution in [0.25, 0.3) is 0 Å². The third-order valence-electron chi connectivity index (χ3n) is 1.83. The van der Waals surface area contributed by atoms with Gasteiger partial charge in [0.1, 0.15) is 11.4 Å². The second kappa shape index (κ2) is 3.93. The van der Waals surface area contributed by atoms with E-state index in [1.807, 2.05) is 0 Å². The van der Waals surface area contributed by atoms with E-state index in [1.165, 1.54) is 0 Å². The first-order valence-electron chi connectivity index (χ1n) is 3.99. The van der Waals surface area contributed by atoms with Crippen molar-refractivity contribution in [2.45, 2.75) is 0 Å². The van der Waals surface area contributed by atoms with E-state index in [9.17, 15) is 10.1 Å². The molecule has 0 saturated heterocycles. The maximum Gasteiger partial charge on any atom is 0.316 e. The average Bonchev–Trinajstić information content (AvgIpc) is 2.16. The van der Waals surface area contributed by atoms with E-state index in [-0.39, 0.29) is 5.69 Å². The highest BCUT2D eigenvalue weighted by Crippen LogP contribution is 2.33. The van der Waals surface area contributed by atoms with Gasteiger partial charge in [-0.2, -0.15) is 0 Å². The third-order valence-corrected chi connectivity index (χ3v) is 1.83. The Morgan fingerprint density at radius 3 is 2.57 bits per heavy atom. The molecule has 0 radical (unpaired) electrons. The quantitative estimate of drug-likeness (QED) is 0.427.